The van der Waals surface area contributed by atoms with Crippen LogP contribution in [0.25, 0.3) is 0 Å². The van der Waals surface area contributed by atoms with Gasteiger partial charge in [-0.1, -0.05) is 28.1 Å². The molecule has 1 aliphatic heterocycles. The molecular weight excluding hydrogens is 409 g/mol. The van der Waals surface area contributed by atoms with E-state index in [-0.39, 0.29) is 5.92 Å². The van der Waals surface area contributed by atoms with E-state index in [0.717, 1.165) is 23.4 Å². The van der Waals surface area contributed by atoms with E-state index < -0.39 is 12.7 Å². The zero-order valence-electron chi connectivity index (χ0n) is 15.2. The summed E-state index contributed by atoms with van der Waals surface area (Å²) in [6.45, 7) is 4.13. The molecule has 1 aliphatic rings. The van der Waals surface area contributed by atoms with Crippen LogP contribution in [0.3, 0.4) is 0 Å². The highest BCUT2D eigenvalue weighted by atomic mass is 79.9. The summed E-state index contributed by atoms with van der Waals surface area (Å²) in [5.41, 5.74) is 1.17. The molecule has 4 nitrogen and oxygen atoms in total. The van der Waals surface area contributed by atoms with Crippen LogP contribution < -0.4 is 5.32 Å². The van der Waals surface area contributed by atoms with Gasteiger partial charge in [0, 0.05) is 37.7 Å². The van der Waals surface area contributed by atoms with Crippen LogP contribution >= 0.6 is 15.9 Å². The van der Waals surface area contributed by atoms with E-state index in [1.54, 1.807) is 0 Å². The van der Waals surface area contributed by atoms with Crippen LogP contribution in [0.2, 0.25) is 0 Å². The zero-order chi connectivity index (χ0) is 19.2. The number of aliphatic imine (C=N–C) groups is 1. The predicted molar refractivity (Wildman–Crippen MR) is 102 cm³/mol. The minimum absolute atomic E-state index is 0.173. The molecule has 1 fully saturated rings. The number of nitrogens with one attached hydrogen (secondary N) is 1. The third kappa shape index (κ3) is 7.15. The fourth-order valence-electron chi connectivity index (χ4n) is 3.08. The monoisotopic (exact) mass is 434 g/mol. The minimum atomic E-state index is -4.13. The molecule has 1 aromatic carbocycles. The third-order valence-electron chi connectivity index (χ3n) is 4.30. The summed E-state index contributed by atoms with van der Waals surface area (Å²) in [7, 11) is 1.97. The summed E-state index contributed by atoms with van der Waals surface area (Å²) in [5.74, 6) is 0.955. The smallest absolute Gasteiger partial charge is 0.357 e. The van der Waals surface area contributed by atoms with E-state index >= 15 is 0 Å². The summed E-state index contributed by atoms with van der Waals surface area (Å²) in [5, 5.41) is 3.26. The fraction of sp³-hybridized carbons (Fsp3) is 0.611. The Kier molecular flexibility index (Phi) is 7.76. The first-order valence-corrected chi connectivity index (χ1v) is 9.59. The lowest BCUT2D eigenvalue weighted by Gasteiger charge is -2.23. The molecule has 0 saturated carbocycles. The van der Waals surface area contributed by atoms with Gasteiger partial charge in [0.25, 0.3) is 0 Å². The second-order valence-electron chi connectivity index (χ2n) is 6.68. The van der Waals surface area contributed by atoms with Gasteiger partial charge < -0.3 is 10.2 Å². The lowest BCUT2D eigenvalue weighted by atomic mass is 10.1. The Morgan fingerprint density at radius 3 is 2.65 bits per heavy atom. The van der Waals surface area contributed by atoms with E-state index in [4.69, 9.17) is 0 Å². The maximum Gasteiger partial charge on any atom is 0.401 e. The molecular formula is C18H26BrF3N4. The van der Waals surface area contributed by atoms with Gasteiger partial charge in [0.2, 0.25) is 0 Å². The van der Waals surface area contributed by atoms with Crippen molar-refractivity contribution in [2.45, 2.75) is 26.1 Å². The van der Waals surface area contributed by atoms with Crippen LogP contribution in [-0.2, 0) is 6.54 Å². The number of likely N-dealkylation sites (tertiary alicyclic amines) is 1. The Balaban J connectivity index is 1.90. The van der Waals surface area contributed by atoms with Gasteiger partial charge in [0.05, 0.1) is 6.54 Å². The molecule has 2 rings (SSSR count). The summed E-state index contributed by atoms with van der Waals surface area (Å²) < 4.78 is 38.5. The molecule has 0 bridgehead atoms. The third-order valence-corrected chi connectivity index (χ3v) is 4.83. The first-order chi connectivity index (χ1) is 12.3. The number of halogens is 4. The van der Waals surface area contributed by atoms with E-state index in [0.29, 0.717) is 26.2 Å². The van der Waals surface area contributed by atoms with Crippen LogP contribution in [0, 0.1) is 5.92 Å². The summed E-state index contributed by atoms with van der Waals surface area (Å²) in [4.78, 5) is 8.16. The molecule has 1 saturated heterocycles. The number of benzene rings is 1. The van der Waals surface area contributed by atoms with Gasteiger partial charge in [0.1, 0.15) is 0 Å². The molecule has 26 heavy (non-hydrogen) atoms. The van der Waals surface area contributed by atoms with Gasteiger partial charge >= 0.3 is 6.18 Å². The molecule has 146 valence electrons. The van der Waals surface area contributed by atoms with Crippen molar-refractivity contribution >= 4 is 21.9 Å². The van der Waals surface area contributed by atoms with Crippen LogP contribution in [0.5, 0.6) is 0 Å². The van der Waals surface area contributed by atoms with E-state index in [9.17, 15) is 13.2 Å². The Labute approximate surface area is 161 Å². The summed E-state index contributed by atoms with van der Waals surface area (Å²) in [6.07, 6.45) is -3.37. The average Bonchev–Trinajstić information content (AvgIpc) is 2.99. The molecule has 1 aromatic rings. The Morgan fingerprint density at radius 1 is 1.35 bits per heavy atom. The number of rotatable bonds is 6. The zero-order valence-corrected chi connectivity index (χ0v) is 16.8. The van der Waals surface area contributed by atoms with Crippen molar-refractivity contribution in [3.63, 3.8) is 0 Å². The molecule has 1 unspecified atom stereocenters. The molecule has 0 spiro atoms. The van der Waals surface area contributed by atoms with Crippen molar-refractivity contribution < 1.29 is 13.2 Å². The first kappa shape index (κ1) is 21.0. The maximum absolute atomic E-state index is 12.5. The molecule has 0 aliphatic carbocycles. The second-order valence-corrected chi connectivity index (χ2v) is 7.60. The average molecular weight is 435 g/mol. The molecule has 1 heterocycles. The van der Waals surface area contributed by atoms with Crippen molar-refractivity contribution in [1.82, 2.24) is 15.1 Å². The quantitative estimate of drug-likeness (QED) is 0.546. The van der Waals surface area contributed by atoms with Crippen LogP contribution in [-0.4, -0.2) is 61.7 Å². The summed E-state index contributed by atoms with van der Waals surface area (Å²) >= 11 is 3.43. The van der Waals surface area contributed by atoms with Crippen LogP contribution in [0.15, 0.2) is 33.7 Å². The van der Waals surface area contributed by atoms with Gasteiger partial charge in [-0.3, -0.25) is 9.89 Å². The predicted octanol–water partition coefficient (Wildman–Crippen LogP) is 3.73. The van der Waals surface area contributed by atoms with Gasteiger partial charge in [-0.15, -0.1) is 0 Å². The second kappa shape index (κ2) is 9.60. The Morgan fingerprint density at radius 2 is 2.04 bits per heavy atom. The Hall–Kier alpha value is -1.28. The molecule has 0 aromatic heterocycles. The largest absolute Gasteiger partial charge is 0.401 e. The van der Waals surface area contributed by atoms with Crippen LogP contribution in [0.1, 0.15) is 18.9 Å². The fourth-order valence-corrected chi connectivity index (χ4v) is 3.35. The highest BCUT2D eigenvalue weighted by Crippen LogP contribution is 2.23. The van der Waals surface area contributed by atoms with Crippen LogP contribution in [0.4, 0.5) is 13.2 Å². The number of hydrogen-bond acceptors (Lipinski definition) is 2. The first-order valence-electron chi connectivity index (χ1n) is 8.80. The number of guanidine groups is 1. The van der Waals surface area contributed by atoms with Crippen molar-refractivity contribution in [2.24, 2.45) is 10.9 Å². The van der Waals surface area contributed by atoms with Gasteiger partial charge in [0.15, 0.2) is 5.96 Å². The maximum atomic E-state index is 12.5. The van der Waals surface area contributed by atoms with Gasteiger partial charge in [-0.05, 0) is 43.5 Å². The van der Waals surface area contributed by atoms with Crippen molar-refractivity contribution in [1.29, 1.82) is 0 Å². The minimum Gasteiger partial charge on any atom is -0.357 e. The molecule has 0 amide bonds. The molecule has 8 heteroatoms. The molecule has 1 atom stereocenters. The lowest BCUT2D eigenvalue weighted by molar-refractivity contribution is -0.143. The lowest BCUT2D eigenvalue weighted by Crippen LogP contribution is -2.39. The highest BCUT2D eigenvalue weighted by molar-refractivity contribution is 9.10. The molecule has 1 N–H and O–H groups in total. The Bertz CT molecular complexity index is 589. The number of alkyl halides is 3. The highest BCUT2D eigenvalue weighted by Gasteiger charge is 2.34. The molecule has 0 radical (unpaired) electrons. The van der Waals surface area contributed by atoms with Crippen molar-refractivity contribution in [3.05, 3.63) is 34.3 Å². The van der Waals surface area contributed by atoms with Gasteiger partial charge in [-0.25, -0.2) is 0 Å². The standard InChI is InChI=1S/C18H26BrF3N4/c1-3-23-17(25(2)11-14-4-6-16(19)7-5-14)24-10-15-8-9-26(12-15)13-18(20,21)22/h4-7,15H,3,8-13H2,1-2H3,(H,23,24). The SMILES string of the molecule is CCNC(=NCC1CCN(CC(F)(F)F)C1)N(C)Cc1ccc(Br)cc1. The van der Waals surface area contributed by atoms with Crippen molar-refractivity contribution in [2.75, 3.05) is 39.8 Å². The topological polar surface area (TPSA) is 30.9 Å². The van der Waals surface area contributed by atoms with Gasteiger partial charge in [-0.2, -0.15) is 13.2 Å². The number of nitrogens with zero attached hydrogens (tertiary/aromatic N) is 3. The summed E-state index contributed by atoms with van der Waals surface area (Å²) in [6, 6.07) is 8.11. The van der Waals surface area contributed by atoms with E-state index in [1.165, 1.54) is 10.5 Å². The van der Waals surface area contributed by atoms with Crippen molar-refractivity contribution in [3.8, 4) is 0 Å². The van der Waals surface area contributed by atoms with E-state index in [1.807, 2.05) is 31.0 Å². The number of hydrogen-bond donors (Lipinski definition) is 1. The van der Waals surface area contributed by atoms with E-state index in [2.05, 4.69) is 38.4 Å². The normalized spacial score (nSPS) is 19.0.